The Morgan fingerprint density at radius 3 is 2.59 bits per heavy atom. The molecule has 17 heavy (non-hydrogen) atoms. The summed E-state index contributed by atoms with van der Waals surface area (Å²) in [6.07, 6.45) is 3.11. The number of anilines is 1. The molecule has 0 fully saturated rings. The summed E-state index contributed by atoms with van der Waals surface area (Å²) in [7, 11) is 0. The quantitative estimate of drug-likeness (QED) is 0.788. The zero-order valence-electron chi connectivity index (χ0n) is 11.4. The molecule has 3 heteroatoms. The molecule has 1 heterocycles. The van der Waals surface area contributed by atoms with E-state index in [0.29, 0.717) is 5.25 Å². The molecule has 1 unspecified atom stereocenters. The molecule has 1 rings (SSSR count). The third kappa shape index (κ3) is 5.44. The largest absolute Gasteiger partial charge is 0.370 e. The predicted molar refractivity (Wildman–Crippen MR) is 78.6 cm³/mol. The average molecular weight is 252 g/mol. The molecule has 1 aromatic rings. The van der Waals surface area contributed by atoms with Crippen molar-refractivity contribution in [1.82, 2.24) is 4.98 Å². The first-order chi connectivity index (χ1) is 8.13. The van der Waals surface area contributed by atoms with Crippen LogP contribution in [-0.4, -0.2) is 16.8 Å². The van der Waals surface area contributed by atoms with Gasteiger partial charge in [0.2, 0.25) is 0 Å². The van der Waals surface area contributed by atoms with Crippen molar-refractivity contribution < 1.29 is 0 Å². The molecule has 1 atom stereocenters. The second-order valence-corrected chi connectivity index (χ2v) is 6.10. The second-order valence-electron chi connectivity index (χ2n) is 4.74. The molecule has 2 nitrogen and oxygen atoms in total. The van der Waals surface area contributed by atoms with Gasteiger partial charge in [0.25, 0.3) is 0 Å². The van der Waals surface area contributed by atoms with E-state index < -0.39 is 0 Å². The first-order valence-electron chi connectivity index (χ1n) is 6.44. The van der Waals surface area contributed by atoms with E-state index in [1.54, 1.807) is 0 Å². The van der Waals surface area contributed by atoms with Gasteiger partial charge in [0.15, 0.2) is 0 Å². The van der Waals surface area contributed by atoms with E-state index in [2.05, 4.69) is 50.1 Å². The first-order valence-corrected chi connectivity index (χ1v) is 7.48. The van der Waals surface area contributed by atoms with Crippen LogP contribution in [0.3, 0.4) is 0 Å². The van der Waals surface area contributed by atoms with Crippen LogP contribution in [0.25, 0.3) is 0 Å². The topological polar surface area (TPSA) is 24.9 Å². The summed E-state index contributed by atoms with van der Waals surface area (Å²) in [4.78, 5) is 4.41. The summed E-state index contributed by atoms with van der Waals surface area (Å²) in [5.41, 5.74) is 1.31. The maximum Gasteiger partial charge on any atom is 0.125 e. The van der Waals surface area contributed by atoms with Crippen molar-refractivity contribution in [2.75, 3.05) is 11.9 Å². The van der Waals surface area contributed by atoms with Gasteiger partial charge in [0.05, 0.1) is 0 Å². The minimum atomic E-state index is 0.702. The molecule has 1 aromatic heterocycles. The van der Waals surface area contributed by atoms with Crippen LogP contribution in [0.2, 0.25) is 0 Å². The highest BCUT2D eigenvalue weighted by Crippen LogP contribution is 2.23. The van der Waals surface area contributed by atoms with Gasteiger partial charge < -0.3 is 5.32 Å². The minimum absolute atomic E-state index is 0.702. The van der Waals surface area contributed by atoms with Gasteiger partial charge in [0.1, 0.15) is 5.82 Å². The number of nitrogens with zero attached hydrogens (tertiary/aromatic N) is 1. The molecule has 0 amide bonds. The minimum Gasteiger partial charge on any atom is -0.370 e. The van der Waals surface area contributed by atoms with E-state index in [1.165, 1.54) is 5.56 Å². The van der Waals surface area contributed by atoms with Crippen LogP contribution in [0.4, 0.5) is 5.82 Å². The lowest BCUT2D eigenvalue weighted by atomic mass is 10.2. The maximum atomic E-state index is 4.41. The van der Waals surface area contributed by atoms with Gasteiger partial charge >= 0.3 is 0 Å². The zero-order chi connectivity index (χ0) is 12.7. The van der Waals surface area contributed by atoms with E-state index in [0.717, 1.165) is 30.5 Å². The van der Waals surface area contributed by atoms with Crippen molar-refractivity contribution in [3.8, 4) is 0 Å². The van der Waals surface area contributed by atoms with Crippen molar-refractivity contribution in [3.05, 3.63) is 23.9 Å². The zero-order valence-corrected chi connectivity index (χ0v) is 12.2. The van der Waals surface area contributed by atoms with Crippen LogP contribution in [0.15, 0.2) is 18.3 Å². The Morgan fingerprint density at radius 1 is 1.29 bits per heavy atom. The van der Waals surface area contributed by atoms with Gasteiger partial charge in [-0.2, -0.15) is 11.8 Å². The highest BCUT2D eigenvalue weighted by molar-refractivity contribution is 7.99. The number of pyridine rings is 1. The number of hydrogen-bond donors (Lipinski definition) is 1. The molecule has 0 bridgehead atoms. The third-order valence-electron chi connectivity index (χ3n) is 2.83. The first kappa shape index (κ1) is 14.4. The van der Waals surface area contributed by atoms with Crippen molar-refractivity contribution in [2.45, 2.75) is 45.1 Å². The Hall–Kier alpha value is -0.700. The van der Waals surface area contributed by atoms with Gasteiger partial charge in [-0.15, -0.1) is 0 Å². The SMILES string of the molecule is CCCNc1ccc(CSC(C)C(C)C)cn1. The summed E-state index contributed by atoms with van der Waals surface area (Å²) < 4.78 is 0. The standard InChI is InChI=1S/C14H24N2S/c1-5-8-15-14-7-6-13(9-16-14)10-17-12(4)11(2)3/h6-7,9,11-12H,5,8,10H2,1-4H3,(H,15,16). The maximum absolute atomic E-state index is 4.41. The molecule has 1 N–H and O–H groups in total. The lowest BCUT2D eigenvalue weighted by molar-refractivity contribution is 0.642. The molecule has 0 spiro atoms. The predicted octanol–water partition coefficient (Wildman–Crippen LogP) is 4.18. The monoisotopic (exact) mass is 252 g/mol. The molecule has 0 aliphatic carbocycles. The fourth-order valence-electron chi connectivity index (χ4n) is 1.29. The van der Waals surface area contributed by atoms with E-state index in [1.807, 2.05) is 18.0 Å². The lowest BCUT2D eigenvalue weighted by Crippen LogP contribution is -2.06. The molecular formula is C14H24N2S. The van der Waals surface area contributed by atoms with Gasteiger partial charge in [-0.05, 0) is 24.0 Å². The third-order valence-corrected chi connectivity index (χ3v) is 4.40. The Balaban J connectivity index is 2.40. The van der Waals surface area contributed by atoms with Crippen molar-refractivity contribution in [3.63, 3.8) is 0 Å². The Kier molecular flexibility index (Phi) is 6.41. The summed E-state index contributed by atoms with van der Waals surface area (Å²) >= 11 is 2.00. The molecule has 0 radical (unpaired) electrons. The number of thioether (sulfide) groups is 1. The van der Waals surface area contributed by atoms with Crippen molar-refractivity contribution >= 4 is 17.6 Å². The van der Waals surface area contributed by atoms with E-state index in [9.17, 15) is 0 Å². The van der Waals surface area contributed by atoms with Gasteiger partial charge in [-0.1, -0.05) is 33.8 Å². The number of nitrogens with one attached hydrogen (secondary N) is 1. The van der Waals surface area contributed by atoms with Crippen molar-refractivity contribution in [2.24, 2.45) is 5.92 Å². The molecule has 0 aliphatic heterocycles. The summed E-state index contributed by atoms with van der Waals surface area (Å²) in [5.74, 6) is 2.77. The summed E-state index contributed by atoms with van der Waals surface area (Å²) in [6, 6.07) is 4.25. The Morgan fingerprint density at radius 2 is 2.06 bits per heavy atom. The smallest absolute Gasteiger partial charge is 0.125 e. The van der Waals surface area contributed by atoms with E-state index in [4.69, 9.17) is 0 Å². The summed E-state index contributed by atoms with van der Waals surface area (Å²) in [6.45, 7) is 9.98. The van der Waals surface area contributed by atoms with Crippen LogP contribution in [-0.2, 0) is 5.75 Å². The summed E-state index contributed by atoms with van der Waals surface area (Å²) in [5, 5.41) is 3.99. The van der Waals surface area contributed by atoms with Gasteiger partial charge in [-0.25, -0.2) is 4.98 Å². The van der Waals surface area contributed by atoms with E-state index in [-0.39, 0.29) is 0 Å². The molecule has 0 saturated heterocycles. The molecular weight excluding hydrogens is 228 g/mol. The van der Waals surface area contributed by atoms with E-state index >= 15 is 0 Å². The van der Waals surface area contributed by atoms with Gasteiger partial charge in [-0.3, -0.25) is 0 Å². The highest BCUT2D eigenvalue weighted by atomic mass is 32.2. The number of rotatable bonds is 7. The molecule has 0 aliphatic rings. The second kappa shape index (κ2) is 7.59. The molecule has 0 aromatic carbocycles. The Labute approximate surface area is 110 Å². The van der Waals surface area contributed by atoms with Crippen LogP contribution in [0.1, 0.15) is 39.7 Å². The number of hydrogen-bond acceptors (Lipinski definition) is 3. The van der Waals surface area contributed by atoms with Crippen LogP contribution in [0, 0.1) is 5.92 Å². The van der Waals surface area contributed by atoms with Crippen LogP contribution in [0.5, 0.6) is 0 Å². The molecule has 96 valence electrons. The lowest BCUT2D eigenvalue weighted by Gasteiger charge is -2.14. The Bertz CT molecular complexity index is 309. The van der Waals surface area contributed by atoms with Gasteiger partial charge in [0, 0.05) is 23.7 Å². The fraction of sp³-hybridized carbons (Fsp3) is 0.643. The van der Waals surface area contributed by atoms with Crippen molar-refractivity contribution in [1.29, 1.82) is 0 Å². The van der Waals surface area contributed by atoms with Crippen LogP contribution < -0.4 is 5.32 Å². The highest BCUT2D eigenvalue weighted by Gasteiger charge is 2.07. The van der Waals surface area contributed by atoms with Crippen LogP contribution >= 0.6 is 11.8 Å². The fourth-order valence-corrected chi connectivity index (χ4v) is 2.30. The molecule has 0 saturated carbocycles. The normalized spacial score (nSPS) is 12.8. The number of aromatic nitrogens is 1. The average Bonchev–Trinajstić information content (AvgIpc) is 2.34.